The van der Waals surface area contributed by atoms with Gasteiger partial charge < -0.3 is 95.3 Å². The molecule has 1 fully saturated rings. The number of phenols is 2. The SMILES string of the molecule is CC(=O)N[C@@H](Cc1ccccc1)C(=O)N[C@H](C(=O)N[C@@H](CO)C(=O)N[C@H]1CSSC[C@@H](C(=O)N[C@@H](CC(=O)O)C(N)=O)NC(=O)[C@H](Cc2ccc(O)cc2)NC(=O)[C@H](CCCCN)NC(=O)[C@H](CO)NC(=O)[C@H](Cc2ccc(O)cc2)NC1=O)[C@@H](C)O. The molecule has 3 aromatic carbocycles. The molecule has 30 nitrogen and oxygen atoms in total. The van der Waals surface area contributed by atoms with Gasteiger partial charge in [-0.15, -0.1) is 0 Å². The summed E-state index contributed by atoms with van der Waals surface area (Å²) >= 11 is 0. The van der Waals surface area contributed by atoms with Crippen LogP contribution in [-0.4, -0.2) is 199 Å². The Hall–Kier alpha value is -8.56. The highest BCUT2D eigenvalue weighted by Crippen LogP contribution is 2.24. The molecule has 474 valence electrons. The van der Waals surface area contributed by atoms with Crippen LogP contribution in [0.1, 0.15) is 56.2 Å². The number of nitrogens with two attached hydrogens (primary N) is 2. The van der Waals surface area contributed by atoms with Gasteiger partial charge in [0.15, 0.2) is 0 Å². The molecule has 0 unspecified atom stereocenters. The minimum absolute atomic E-state index is 0.0414. The molecule has 0 aromatic heterocycles. The zero-order valence-corrected chi connectivity index (χ0v) is 49.0. The van der Waals surface area contributed by atoms with Crippen molar-refractivity contribution in [2.24, 2.45) is 11.5 Å². The van der Waals surface area contributed by atoms with E-state index in [0.29, 0.717) is 23.1 Å². The van der Waals surface area contributed by atoms with Gasteiger partial charge in [0.05, 0.1) is 25.7 Å². The Labute approximate surface area is 507 Å². The number of aliphatic hydroxyl groups is 3. The number of carbonyl (C=O) groups is 12. The number of carbonyl (C=O) groups excluding carboxylic acids is 11. The normalized spacial score (nSPS) is 20.7. The molecule has 0 saturated carbocycles. The van der Waals surface area contributed by atoms with E-state index in [1.807, 2.05) is 0 Å². The number of carboxylic acids is 1. The summed E-state index contributed by atoms with van der Waals surface area (Å²) in [5.74, 6) is -14.7. The van der Waals surface area contributed by atoms with Crippen molar-refractivity contribution in [1.29, 1.82) is 0 Å². The molecule has 1 saturated heterocycles. The lowest BCUT2D eigenvalue weighted by Crippen LogP contribution is -2.62. The lowest BCUT2D eigenvalue weighted by Gasteiger charge is -2.28. The molecular formula is C55H74N12O18S2. The van der Waals surface area contributed by atoms with Gasteiger partial charge in [0.2, 0.25) is 65.0 Å². The van der Waals surface area contributed by atoms with Crippen LogP contribution >= 0.6 is 21.6 Å². The summed E-state index contributed by atoms with van der Waals surface area (Å²) in [5, 5.41) is 85.3. The molecule has 32 heteroatoms. The van der Waals surface area contributed by atoms with Crippen molar-refractivity contribution >= 4 is 92.5 Å². The topological polar surface area (TPSA) is 499 Å². The number of benzene rings is 3. The van der Waals surface area contributed by atoms with Crippen molar-refractivity contribution < 1.29 is 88.2 Å². The van der Waals surface area contributed by atoms with Crippen LogP contribution < -0.4 is 64.6 Å². The minimum atomic E-state index is -1.95. The van der Waals surface area contributed by atoms with Crippen molar-refractivity contribution in [3.05, 3.63) is 95.6 Å². The Balaban J connectivity index is 1.79. The molecule has 0 radical (unpaired) electrons. The largest absolute Gasteiger partial charge is 0.508 e. The summed E-state index contributed by atoms with van der Waals surface area (Å²) in [6.07, 6.45) is -2.96. The van der Waals surface area contributed by atoms with E-state index in [1.165, 1.54) is 48.5 Å². The number of phenolic OH excluding ortho intramolecular Hbond substituents is 2. The van der Waals surface area contributed by atoms with Gasteiger partial charge in [-0.25, -0.2) is 0 Å². The molecule has 3 aromatic rings. The highest BCUT2D eigenvalue weighted by Gasteiger charge is 2.37. The third-order valence-electron chi connectivity index (χ3n) is 13.1. The van der Waals surface area contributed by atoms with Crippen LogP contribution in [-0.2, 0) is 76.8 Å². The number of rotatable bonds is 25. The minimum Gasteiger partial charge on any atom is -0.508 e. The Kier molecular flexibility index (Phi) is 29.2. The second-order valence-corrected chi connectivity index (χ2v) is 22.7. The number of aromatic hydroxyl groups is 2. The molecule has 1 aliphatic rings. The first kappa shape index (κ1) is 70.9. The van der Waals surface area contributed by atoms with E-state index in [2.05, 4.69) is 53.2 Å². The highest BCUT2D eigenvalue weighted by molar-refractivity contribution is 8.76. The summed E-state index contributed by atoms with van der Waals surface area (Å²) in [4.78, 5) is 164. The van der Waals surface area contributed by atoms with E-state index in [4.69, 9.17) is 11.5 Å². The first-order valence-corrected chi connectivity index (χ1v) is 29.8. The highest BCUT2D eigenvalue weighted by atomic mass is 33.1. The fraction of sp³-hybridized carbons (Fsp3) is 0.455. The predicted octanol–water partition coefficient (Wildman–Crippen LogP) is -5.16. The number of nitrogens with one attached hydrogen (secondary N) is 10. The van der Waals surface area contributed by atoms with Gasteiger partial charge in [-0.05, 0) is 73.7 Å². The molecule has 0 aliphatic carbocycles. The third kappa shape index (κ3) is 24.0. The second kappa shape index (κ2) is 35.8. The fourth-order valence-electron chi connectivity index (χ4n) is 8.43. The van der Waals surface area contributed by atoms with Crippen molar-refractivity contribution in [1.82, 2.24) is 53.2 Å². The molecule has 1 aliphatic heterocycles. The molecule has 1 heterocycles. The summed E-state index contributed by atoms with van der Waals surface area (Å²) in [7, 11) is 1.50. The van der Waals surface area contributed by atoms with Crippen LogP contribution in [0, 0.1) is 0 Å². The molecule has 0 bridgehead atoms. The number of unbranched alkanes of at least 4 members (excludes halogenated alkanes) is 1. The van der Waals surface area contributed by atoms with Gasteiger partial charge in [0.1, 0.15) is 71.9 Å². The number of primary amides is 1. The van der Waals surface area contributed by atoms with E-state index < -0.39 is 169 Å². The number of hydrogen-bond donors (Lipinski definition) is 18. The van der Waals surface area contributed by atoms with E-state index in [0.717, 1.165) is 35.4 Å². The molecule has 87 heavy (non-hydrogen) atoms. The molecule has 11 atom stereocenters. The summed E-state index contributed by atoms with van der Waals surface area (Å²) in [6, 6.07) is 2.25. The number of aliphatic hydroxyl groups excluding tert-OH is 3. The van der Waals surface area contributed by atoms with Crippen LogP contribution in [0.2, 0.25) is 0 Å². The van der Waals surface area contributed by atoms with Gasteiger partial charge in [-0.1, -0.05) is 76.2 Å². The van der Waals surface area contributed by atoms with Crippen molar-refractivity contribution in [3.63, 3.8) is 0 Å². The van der Waals surface area contributed by atoms with Crippen LogP contribution in [0.25, 0.3) is 0 Å². The fourth-order valence-corrected chi connectivity index (χ4v) is 10.8. The summed E-state index contributed by atoms with van der Waals surface area (Å²) in [5.41, 5.74) is 12.4. The quantitative estimate of drug-likeness (QED) is 0.0279. The molecule has 20 N–H and O–H groups in total. The Morgan fingerprint density at radius 2 is 1.14 bits per heavy atom. The van der Waals surface area contributed by atoms with Crippen LogP contribution in [0.3, 0.4) is 0 Å². The average molecular weight is 1260 g/mol. The Morgan fingerprint density at radius 1 is 0.609 bits per heavy atom. The molecular weight excluding hydrogens is 1180 g/mol. The van der Waals surface area contributed by atoms with Crippen LogP contribution in [0.5, 0.6) is 11.5 Å². The Bertz CT molecular complexity index is 2880. The average Bonchev–Trinajstić information content (AvgIpc) is 3.67. The molecule has 11 amide bonds. The van der Waals surface area contributed by atoms with Crippen molar-refractivity contribution in [2.45, 2.75) is 125 Å². The summed E-state index contributed by atoms with van der Waals surface area (Å²) < 4.78 is 0. The molecule has 0 spiro atoms. The smallest absolute Gasteiger partial charge is 0.305 e. The van der Waals surface area contributed by atoms with Gasteiger partial charge in [0, 0.05) is 37.7 Å². The summed E-state index contributed by atoms with van der Waals surface area (Å²) in [6.45, 7) is 0.200. The van der Waals surface area contributed by atoms with E-state index >= 15 is 0 Å². The van der Waals surface area contributed by atoms with Crippen LogP contribution in [0.15, 0.2) is 78.9 Å². The van der Waals surface area contributed by atoms with Gasteiger partial charge in [-0.3, -0.25) is 57.5 Å². The van der Waals surface area contributed by atoms with Crippen molar-refractivity contribution in [3.8, 4) is 11.5 Å². The lowest BCUT2D eigenvalue weighted by molar-refractivity contribution is -0.140. The van der Waals surface area contributed by atoms with Gasteiger partial charge in [-0.2, -0.15) is 0 Å². The maximum absolute atomic E-state index is 14.6. The zero-order chi connectivity index (χ0) is 64.3. The number of aliphatic carboxylic acids is 1. The number of amides is 11. The van der Waals surface area contributed by atoms with Crippen molar-refractivity contribution in [2.75, 3.05) is 31.3 Å². The monoisotopic (exact) mass is 1250 g/mol. The lowest BCUT2D eigenvalue weighted by atomic mass is 10.0. The van der Waals surface area contributed by atoms with Crippen LogP contribution in [0.4, 0.5) is 0 Å². The first-order chi connectivity index (χ1) is 41.3. The third-order valence-corrected chi connectivity index (χ3v) is 15.5. The molecule has 4 rings (SSSR count). The van der Waals surface area contributed by atoms with E-state index in [-0.39, 0.29) is 50.1 Å². The standard InChI is InChI=1S/C55H74N12O18S2/c1-28(70)45(67-50(80)37(58-29(2)71)20-30-8-4-3-5-9-30)55(85)64-41(25-69)52(82)66-43-27-87-86-26-42(53(83)60-36(46(57)76)23-44(74)75)65-49(79)39(22-32-13-17-34(73)18-14-32)61-47(77)35(10-6-7-19-56)59-51(81)40(24-68)63-48(78)38(62-54(43)84)21-31-11-15-33(72)16-12-31/h3-5,8-9,11-18,28,35-43,45,68-70,72-73H,6-7,10,19-27,56H2,1-2H3,(H2,57,76)(H,58,71)(H,59,81)(H,60,83)(H,61,77)(H,62,84)(H,63,78)(H,64,85)(H,65,79)(H,66,82)(H,67,80)(H,74,75)/t28-,35+,36+,37+,38+,39+,40+,41+,42+,43+,45+/m1/s1. The number of hydrogen-bond acceptors (Lipinski definition) is 20. The number of carboxylic acid groups (broad SMARTS) is 1. The first-order valence-electron chi connectivity index (χ1n) is 27.3. The Morgan fingerprint density at radius 3 is 1.67 bits per heavy atom. The second-order valence-electron chi connectivity index (χ2n) is 20.1. The van der Waals surface area contributed by atoms with Gasteiger partial charge >= 0.3 is 5.97 Å². The maximum Gasteiger partial charge on any atom is 0.305 e. The van der Waals surface area contributed by atoms with Gasteiger partial charge in [0.25, 0.3) is 0 Å². The van der Waals surface area contributed by atoms with E-state index in [1.54, 1.807) is 30.3 Å². The predicted molar refractivity (Wildman–Crippen MR) is 314 cm³/mol. The van der Waals surface area contributed by atoms with E-state index in [9.17, 15) is 88.2 Å². The zero-order valence-electron chi connectivity index (χ0n) is 47.4. The maximum atomic E-state index is 14.6.